The fourth-order valence-corrected chi connectivity index (χ4v) is 2.32. The third-order valence-electron chi connectivity index (χ3n) is 3.19. The van der Waals surface area contributed by atoms with E-state index in [1.807, 2.05) is 0 Å². The highest BCUT2D eigenvalue weighted by Crippen LogP contribution is 2.28. The van der Waals surface area contributed by atoms with Gasteiger partial charge in [-0.2, -0.15) is 0 Å². The minimum Gasteiger partial charge on any atom is -0.370 e. The third kappa shape index (κ3) is 1.96. The molecule has 0 bridgehead atoms. The first-order chi connectivity index (χ1) is 8.88. The lowest BCUT2D eigenvalue weighted by atomic mass is 10.2. The molecule has 5 heteroatoms. The van der Waals surface area contributed by atoms with Crippen LogP contribution in [0.2, 0.25) is 0 Å². The van der Waals surface area contributed by atoms with Gasteiger partial charge in [0.25, 0.3) is 0 Å². The van der Waals surface area contributed by atoms with Crippen molar-refractivity contribution in [3.63, 3.8) is 0 Å². The molecule has 0 spiro atoms. The van der Waals surface area contributed by atoms with Gasteiger partial charge in [-0.25, -0.2) is 15.0 Å². The number of anilines is 1. The molecular formula is C13H17N5. The van der Waals surface area contributed by atoms with Crippen LogP contribution in [0.1, 0.15) is 31.0 Å². The van der Waals surface area contributed by atoms with Crippen LogP contribution in [0.25, 0.3) is 11.6 Å². The lowest BCUT2D eigenvalue weighted by molar-refractivity contribution is 0.898. The second-order valence-electron chi connectivity index (χ2n) is 4.54. The molecule has 2 heterocycles. The van der Waals surface area contributed by atoms with Crippen molar-refractivity contribution >= 4 is 5.82 Å². The Hall–Kier alpha value is -1.91. The number of aromatic amines is 1. The summed E-state index contributed by atoms with van der Waals surface area (Å²) in [6, 6.07) is 0. The number of H-pyrrole nitrogens is 1. The topological polar surface area (TPSA) is 66.5 Å². The van der Waals surface area contributed by atoms with E-state index in [1.54, 1.807) is 12.4 Å². The quantitative estimate of drug-likeness (QED) is 0.863. The minimum absolute atomic E-state index is 0.694. The zero-order valence-corrected chi connectivity index (χ0v) is 10.5. The summed E-state index contributed by atoms with van der Waals surface area (Å²) in [7, 11) is 0. The van der Waals surface area contributed by atoms with Gasteiger partial charge >= 0.3 is 0 Å². The number of hydrogen-bond acceptors (Lipinski definition) is 4. The monoisotopic (exact) mass is 243 g/mol. The van der Waals surface area contributed by atoms with Crippen LogP contribution in [0.4, 0.5) is 5.82 Å². The van der Waals surface area contributed by atoms with Crippen LogP contribution in [0.5, 0.6) is 0 Å². The van der Waals surface area contributed by atoms with Crippen LogP contribution < -0.4 is 5.32 Å². The van der Waals surface area contributed by atoms with E-state index >= 15 is 0 Å². The fraction of sp³-hybridized carbons (Fsp3) is 0.462. The maximum atomic E-state index is 4.62. The molecule has 1 aliphatic rings. The molecule has 0 unspecified atom stereocenters. The maximum absolute atomic E-state index is 4.62. The molecule has 1 aliphatic carbocycles. The summed E-state index contributed by atoms with van der Waals surface area (Å²) in [4.78, 5) is 16.5. The summed E-state index contributed by atoms with van der Waals surface area (Å²) < 4.78 is 0. The number of hydrogen-bond donors (Lipinski definition) is 2. The Morgan fingerprint density at radius 3 is 3.06 bits per heavy atom. The lowest BCUT2D eigenvalue weighted by Gasteiger charge is -2.10. The summed E-state index contributed by atoms with van der Waals surface area (Å²) in [5.74, 6) is 2.43. The van der Waals surface area contributed by atoms with Gasteiger partial charge in [-0.15, -0.1) is 0 Å². The molecule has 2 aromatic heterocycles. The smallest absolute Gasteiger partial charge is 0.197 e. The van der Waals surface area contributed by atoms with Gasteiger partial charge in [-0.05, 0) is 25.7 Å². The Morgan fingerprint density at radius 2 is 2.28 bits per heavy atom. The predicted octanol–water partition coefficient (Wildman–Crippen LogP) is 2.18. The number of nitrogens with one attached hydrogen (secondary N) is 2. The van der Waals surface area contributed by atoms with Crippen molar-refractivity contribution in [1.82, 2.24) is 19.9 Å². The standard InChI is InChI=1S/C13H17N5/c1-2-6-14-11-9-4-3-5-10(9)17-13(18-11)12-15-7-8-16-12/h7-8H,2-6H2,1H3,(H,15,16)(H,14,17,18). The van der Waals surface area contributed by atoms with Crippen LogP contribution in [-0.2, 0) is 12.8 Å². The van der Waals surface area contributed by atoms with Gasteiger partial charge in [-0.1, -0.05) is 6.92 Å². The van der Waals surface area contributed by atoms with Gasteiger partial charge in [0.2, 0.25) is 0 Å². The van der Waals surface area contributed by atoms with Crippen molar-refractivity contribution in [2.75, 3.05) is 11.9 Å². The summed E-state index contributed by atoms with van der Waals surface area (Å²) in [6.07, 6.45) is 7.92. The molecule has 2 aromatic rings. The molecular weight excluding hydrogens is 226 g/mol. The maximum Gasteiger partial charge on any atom is 0.197 e. The highest BCUT2D eigenvalue weighted by Gasteiger charge is 2.20. The number of imidazole rings is 1. The third-order valence-corrected chi connectivity index (χ3v) is 3.19. The number of aryl methyl sites for hydroxylation is 1. The van der Waals surface area contributed by atoms with E-state index in [-0.39, 0.29) is 0 Å². The fourth-order valence-electron chi connectivity index (χ4n) is 2.32. The summed E-state index contributed by atoms with van der Waals surface area (Å²) in [5, 5.41) is 3.40. The van der Waals surface area contributed by atoms with Crippen molar-refractivity contribution in [1.29, 1.82) is 0 Å². The molecule has 0 atom stereocenters. The van der Waals surface area contributed by atoms with E-state index in [0.717, 1.165) is 37.4 Å². The Kier molecular flexibility index (Phi) is 2.96. The molecule has 0 amide bonds. The lowest BCUT2D eigenvalue weighted by Crippen LogP contribution is -2.08. The summed E-state index contributed by atoms with van der Waals surface area (Å²) >= 11 is 0. The molecule has 0 radical (unpaired) electrons. The molecule has 5 nitrogen and oxygen atoms in total. The summed E-state index contributed by atoms with van der Waals surface area (Å²) in [6.45, 7) is 3.10. The van der Waals surface area contributed by atoms with Gasteiger partial charge in [-0.3, -0.25) is 0 Å². The van der Waals surface area contributed by atoms with Gasteiger partial charge in [0.15, 0.2) is 11.6 Å². The molecule has 18 heavy (non-hydrogen) atoms. The van der Waals surface area contributed by atoms with Crippen LogP contribution in [0.15, 0.2) is 12.4 Å². The van der Waals surface area contributed by atoms with E-state index in [0.29, 0.717) is 5.82 Å². The molecule has 0 saturated carbocycles. The highest BCUT2D eigenvalue weighted by atomic mass is 15.1. The number of nitrogens with zero attached hydrogens (tertiary/aromatic N) is 3. The Bertz CT molecular complexity index is 533. The van der Waals surface area contributed by atoms with Gasteiger partial charge < -0.3 is 10.3 Å². The summed E-state index contributed by atoms with van der Waals surface area (Å²) in [5.41, 5.74) is 2.47. The average Bonchev–Trinajstić information content (AvgIpc) is 3.05. The molecule has 94 valence electrons. The van der Waals surface area contributed by atoms with Gasteiger partial charge in [0, 0.05) is 30.2 Å². The molecule has 0 aliphatic heterocycles. The first-order valence-corrected chi connectivity index (χ1v) is 6.52. The van der Waals surface area contributed by atoms with Crippen LogP contribution in [-0.4, -0.2) is 26.5 Å². The Labute approximate surface area is 106 Å². The second kappa shape index (κ2) is 4.76. The molecule has 0 fully saturated rings. The van der Waals surface area contributed by atoms with E-state index in [4.69, 9.17) is 0 Å². The SMILES string of the molecule is CCCNc1nc(-c2ncc[nH]2)nc2c1CCC2. The van der Waals surface area contributed by atoms with Crippen molar-refractivity contribution in [2.45, 2.75) is 32.6 Å². The van der Waals surface area contributed by atoms with E-state index in [1.165, 1.54) is 17.7 Å². The van der Waals surface area contributed by atoms with Crippen LogP contribution in [0.3, 0.4) is 0 Å². The van der Waals surface area contributed by atoms with E-state index in [9.17, 15) is 0 Å². The first-order valence-electron chi connectivity index (χ1n) is 6.52. The van der Waals surface area contributed by atoms with Crippen molar-refractivity contribution < 1.29 is 0 Å². The highest BCUT2D eigenvalue weighted by molar-refractivity contribution is 5.55. The first kappa shape index (κ1) is 11.2. The molecule has 2 N–H and O–H groups in total. The number of rotatable bonds is 4. The predicted molar refractivity (Wildman–Crippen MR) is 70.4 cm³/mol. The van der Waals surface area contributed by atoms with E-state index in [2.05, 4.69) is 32.2 Å². The number of aromatic nitrogens is 4. The second-order valence-corrected chi connectivity index (χ2v) is 4.54. The van der Waals surface area contributed by atoms with Crippen molar-refractivity contribution in [2.24, 2.45) is 0 Å². The normalized spacial score (nSPS) is 13.6. The minimum atomic E-state index is 0.694. The average molecular weight is 243 g/mol. The molecule has 0 aromatic carbocycles. The Morgan fingerprint density at radius 1 is 1.33 bits per heavy atom. The Balaban J connectivity index is 2.02. The molecule has 3 rings (SSSR count). The molecule has 0 saturated heterocycles. The zero-order valence-electron chi connectivity index (χ0n) is 10.5. The zero-order chi connectivity index (χ0) is 12.4. The van der Waals surface area contributed by atoms with Crippen LogP contribution in [0, 0.1) is 0 Å². The van der Waals surface area contributed by atoms with E-state index < -0.39 is 0 Å². The van der Waals surface area contributed by atoms with Gasteiger partial charge in [0.05, 0.1) is 0 Å². The van der Waals surface area contributed by atoms with Crippen LogP contribution >= 0.6 is 0 Å². The number of fused-ring (bicyclic) bond motifs is 1. The van der Waals surface area contributed by atoms with Crippen molar-refractivity contribution in [3.05, 3.63) is 23.7 Å². The van der Waals surface area contributed by atoms with Crippen molar-refractivity contribution in [3.8, 4) is 11.6 Å². The van der Waals surface area contributed by atoms with Gasteiger partial charge in [0.1, 0.15) is 5.82 Å². The largest absolute Gasteiger partial charge is 0.370 e.